The lowest BCUT2D eigenvalue weighted by Gasteiger charge is -2.41. The highest BCUT2D eigenvalue weighted by atomic mass is 19.1. The molecule has 3 rings (SSSR count). The van der Waals surface area contributed by atoms with Crippen LogP contribution in [0.25, 0.3) is 0 Å². The molecular weight excluding hydrogens is 227 g/mol. The molecule has 0 aromatic heterocycles. The van der Waals surface area contributed by atoms with Crippen LogP contribution in [0.2, 0.25) is 0 Å². The van der Waals surface area contributed by atoms with E-state index in [0.717, 1.165) is 25.9 Å². The Bertz CT molecular complexity index is 446. The molecule has 0 spiro atoms. The lowest BCUT2D eigenvalue weighted by atomic mass is 10.0. The number of benzene rings is 1. The average molecular weight is 248 g/mol. The van der Waals surface area contributed by atoms with Crippen molar-refractivity contribution in [1.29, 1.82) is 0 Å². The Balaban J connectivity index is 1.86. The Morgan fingerprint density at radius 1 is 1.33 bits per heavy atom. The quantitative estimate of drug-likeness (QED) is 0.821. The van der Waals surface area contributed by atoms with Crippen LogP contribution in [-0.4, -0.2) is 30.1 Å². The summed E-state index contributed by atoms with van der Waals surface area (Å²) in [5.41, 5.74) is 2.55. The van der Waals surface area contributed by atoms with E-state index in [4.69, 9.17) is 0 Å². The summed E-state index contributed by atoms with van der Waals surface area (Å²) >= 11 is 0. The van der Waals surface area contributed by atoms with Gasteiger partial charge in [-0.1, -0.05) is 6.07 Å². The Morgan fingerprint density at radius 2 is 2.17 bits per heavy atom. The minimum Gasteiger partial charge on any atom is -0.311 e. The van der Waals surface area contributed by atoms with Gasteiger partial charge in [0.2, 0.25) is 0 Å². The van der Waals surface area contributed by atoms with Crippen molar-refractivity contribution in [1.82, 2.24) is 10.2 Å². The summed E-state index contributed by atoms with van der Waals surface area (Å²) in [6, 6.07) is 6.90. The van der Waals surface area contributed by atoms with Crippen LogP contribution in [0, 0.1) is 5.82 Å². The topological polar surface area (TPSA) is 15.3 Å². The minimum atomic E-state index is -0.101. The number of hydrogen-bond donors (Lipinski definition) is 1. The van der Waals surface area contributed by atoms with E-state index in [-0.39, 0.29) is 5.82 Å². The van der Waals surface area contributed by atoms with Crippen LogP contribution in [0.3, 0.4) is 0 Å². The molecule has 3 atom stereocenters. The zero-order chi connectivity index (χ0) is 12.7. The van der Waals surface area contributed by atoms with Gasteiger partial charge < -0.3 is 5.32 Å². The minimum absolute atomic E-state index is 0.101. The standard InChI is InChI=1S/C15H21FN2/c1-10-9-18(11(2)8-17-10)15-6-3-12-7-13(16)4-5-14(12)15/h4-5,7,10-11,15,17H,3,6,8-9H2,1-2H3. The Morgan fingerprint density at radius 3 is 3.00 bits per heavy atom. The van der Waals surface area contributed by atoms with Crippen molar-refractivity contribution in [2.45, 2.75) is 44.8 Å². The smallest absolute Gasteiger partial charge is 0.123 e. The van der Waals surface area contributed by atoms with Gasteiger partial charge in [-0.05, 0) is 49.9 Å². The van der Waals surface area contributed by atoms with E-state index in [1.54, 1.807) is 12.1 Å². The molecule has 1 saturated heterocycles. The van der Waals surface area contributed by atoms with Crippen molar-refractivity contribution < 1.29 is 4.39 Å². The molecule has 0 bridgehead atoms. The van der Waals surface area contributed by atoms with Gasteiger partial charge >= 0.3 is 0 Å². The van der Waals surface area contributed by atoms with E-state index in [9.17, 15) is 4.39 Å². The third kappa shape index (κ3) is 2.06. The van der Waals surface area contributed by atoms with Gasteiger partial charge in [-0.3, -0.25) is 4.90 Å². The van der Waals surface area contributed by atoms with Gasteiger partial charge in [0.1, 0.15) is 5.82 Å². The third-order valence-corrected chi connectivity index (χ3v) is 4.36. The molecule has 3 heteroatoms. The fraction of sp³-hybridized carbons (Fsp3) is 0.600. The number of piperazine rings is 1. The fourth-order valence-corrected chi connectivity index (χ4v) is 3.39. The van der Waals surface area contributed by atoms with Crippen molar-refractivity contribution in [2.24, 2.45) is 0 Å². The van der Waals surface area contributed by atoms with E-state index < -0.39 is 0 Å². The van der Waals surface area contributed by atoms with Gasteiger partial charge in [-0.2, -0.15) is 0 Å². The molecular formula is C15H21FN2. The molecule has 1 aromatic rings. The van der Waals surface area contributed by atoms with Gasteiger partial charge in [0.15, 0.2) is 0 Å². The van der Waals surface area contributed by atoms with Crippen molar-refractivity contribution in [3.8, 4) is 0 Å². The van der Waals surface area contributed by atoms with E-state index in [1.807, 2.05) is 6.07 Å². The zero-order valence-corrected chi connectivity index (χ0v) is 11.1. The first kappa shape index (κ1) is 12.1. The van der Waals surface area contributed by atoms with Crippen molar-refractivity contribution in [3.63, 3.8) is 0 Å². The second kappa shape index (κ2) is 4.63. The highest BCUT2D eigenvalue weighted by molar-refractivity contribution is 5.35. The van der Waals surface area contributed by atoms with Crippen molar-refractivity contribution in [3.05, 3.63) is 35.1 Å². The van der Waals surface area contributed by atoms with Crippen LogP contribution < -0.4 is 5.32 Å². The fourth-order valence-electron chi connectivity index (χ4n) is 3.39. The molecule has 1 fully saturated rings. The number of aryl methyl sites for hydroxylation is 1. The molecule has 0 saturated carbocycles. The van der Waals surface area contributed by atoms with Gasteiger partial charge in [0.05, 0.1) is 0 Å². The number of hydrogen-bond acceptors (Lipinski definition) is 2. The summed E-state index contributed by atoms with van der Waals surface area (Å²) in [5.74, 6) is -0.101. The van der Waals surface area contributed by atoms with E-state index >= 15 is 0 Å². The maximum Gasteiger partial charge on any atom is 0.123 e. The molecule has 1 heterocycles. The summed E-state index contributed by atoms with van der Waals surface area (Å²) in [6.45, 7) is 6.65. The summed E-state index contributed by atoms with van der Waals surface area (Å²) in [5, 5.41) is 3.52. The Kier molecular flexibility index (Phi) is 3.12. The molecule has 2 nitrogen and oxygen atoms in total. The molecule has 1 aliphatic heterocycles. The van der Waals surface area contributed by atoms with Crippen molar-refractivity contribution >= 4 is 0 Å². The molecule has 98 valence electrons. The number of rotatable bonds is 1. The highest BCUT2D eigenvalue weighted by Gasteiger charge is 2.33. The molecule has 3 unspecified atom stereocenters. The largest absolute Gasteiger partial charge is 0.311 e. The van der Waals surface area contributed by atoms with Gasteiger partial charge in [0, 0.05) is 31.2 Å². The first-order valence-corrected chi connectivity index (χ1v) is 6.92. The molecule has 1 aliphatic carbocycles. The van der Waals surface area contributed by atoms with Crippen LogP contribution in [0.15, 0.2) is 18.2 Å². The molecule has 0 amide bonds. The second-order valence-electron chi connectivity index (χ2n) is 5.75. The van der Waals surface area contributed by atoms with Gasteiger partial charge in [0.25, 0.3) is 0 Å². The lowest BCUT2D eigenvalue weighted by molar-refractivity contribution is 0.0950. The van der Waals surface area contributed by atoms with Crippen LogP contribution in [-0.2, 0) is 6.42 Å². The zero-order valence-electron chi connectivity index (χ0n) is 11.1. The van der Waals surface area contributed by atoms with Crippen LogP contribution in [0.1, 0.15) is 37.4 Å². The number of nitrogens with one attached hydrogen (secondary N) is 1. The third-order valence-electron chi connectivity index (χ3n) is 4.36. The van der Waals surface area contributed by atoms with Crippen LogP contribution in [0.5, 0.6) is 0 Å². The normalized spacial score (nSPS) is 32.5. The predicted molar refractivity (Wildman–Crippen MR) is 71.1 cm³/mol. The van der Waals surface area contributed by atoms with Crippen LogP contribution in [0.4, 0.5) is 4.39 Å². The Labute approximate surface area is 108 Å². The monoisotopic (exact) mass is 248 g/mol. The van der Waals surface area contributed by atoms with Crippen LogP contribution >= 0.6 is 0 Å². The predicted octanol–water partition coefficient (Wildman–Crippen LogP) is 2.50. The van der Waals surface area contributed by atoms with E-state index in [0.29, 0.717) is 18.1 Å². The first-order chi connectivity index (χ1) is 8.65. The summed E-state index contributed by atoms with van der Waals surface area (Å²) < 4.78 is 13.2. The lowest BCUT2D eigenvalue weighted by Crippen LogP contribution is -2.54. The molecule has 18 heavy (non-hydrogen) atoms. The molecule has 0 radical (unpaired) electrons. The number of halogens is 1. The average Bonchev–Trinajstić information content (AvgIpc) is 2.75. The summed E-state index contributed by atoms with van der Waals surface area (Å²) in [7, 11) is 0. The molecule has 1 N–H and O–H groups in total. The van der Waals surface area contributed by atoms with Gasteiger partial charge in [-0.15, -0.1) is 0 Å². The number of nitrogens with zero attached hydrogens (tertiary/aromatic N) is 1. The molecule has 1 aromatic carbocycles. The summed E-state index contributed by atoms with van der Waals surface area (Å²) in [4.78, 5) is 2.59. The SMILES string of the molecule is CC1CN(C2CCc3cc(F)ccc32)C(C)CN1. The second-order valence-corrected chi connectivity index (χ2v) is 5.75. The Hall–Kier alpha value is -0.930. The maximum atomic E-state index is 13.2. The van der Waals surface area contributed by atoms with E-state index in [2.05, 4.69) is 24.1 Å². The summed E-state index contributed by atoms with van der Waals surface area (Å²) in [6.07, 6.45) is 2.15. The first-order valence-electron chi connectivity index (χ1n) is 6.92. The number of fused-ring (bicyclic) bond motifs is 1. The van der Waals surface area contributed by atoms with Crippen molar-refractivity contribution in [2.75, 3.05) is 13.1 Å². The maximum absolute atomic E-state index is 13.2. The highest BCUT2D eigenvalue weighted by Crippen LogP contribution is 2.37. The van der Waals surface area contributed by atoms with Gasteiger partial charge in [-0.25, -0.2) is 4.39 Å². The molecule has 2 aliphatic rings. The van der Waals surface area contributed by atoms with E-state index in [1.165, 1.54) is 11.1 Å².